The van der Waals surface area contributed by atoms with Gasteiger partial charge in [-0.25, -0.2) is 0 Å². The van der Waals surface area contributed by atoms with Gasteiger partial charge in [-0.15, -0.1) is 0 Å². The van der Waals surface area contributed by atoms with E-state index in [-0.39, 0.29) is 0 Å². The standard InChI is InChI=1S/C16H26O3/c1-3-17-11-7-8-12-18-13-15(2)14-19-16-9-5-4-6-10-16/h4-6,9-10,15H,3,7-8,11-14H2,1-2H3. The molecule has 1 aromatic carbocycles. The molecule has 1 aromatic rings. The van der Waals surface area contributed by atoms with E-state index in [9.17, 15) is 0 Å². The lowest BCUT2D eigenvalue weighted by molar-refractivity contribution is 0.0748. The van der Waals surface area contributed by atoms with E-state index in [1.165, 1.54) is 0 Å². The SMILES string of the molecule is CCOCCCCOCC(C)COc1ccccc1. The summed E-state index contributed by atoms with van der Waals surface area (Å²) in [7, 11) is 0. The van der Waals surface area contributed by atoms with Gasteiger partial charge in [0.05, 0.1) is 13.2 Å². The van der Waals surface area contributed by atoms with E-state index < -0.39 is 0 Å². The van der Waals surface area contributed by atoms with Crippen molar-refractivity contribution < 1.29 is 14.2 Å². The second-order valence-electron chi connectivity index (χ2n) is 4.71. The predicted octanol–water partition coefficient (Wildman–Crippen LogP) is 3.53. The van der Waals surface area contributed by atoms with Gasteiger partial charge in [0, 0.05) is 25.7 Å². The zero-order chi connectivity index (χ0) is 13.8. The van der Waals surface area contributed by atoms with E-state index in [4.69, 9.17) is 14.2 Å². The Balaban J connectivity index is 1.95. The molecule has 0 amide bonds. The molecule has 1 rings (SSSR count). The Morgan fingerprint density at radius 1 is 0.947 bits per heavy atom. The first-order valence-electron chi connectivity index (χ1n) is 7.16. The highest BCUT2D eigenvalue weighted by Crippen LogP contribution is 2.10. The lowest BCUT2D eigenvalue weighted by Crippen LogP contribution is -2.15. The van der Waals surface area contributed by atoms with E-state index in [2.05, 4.69) is 6.92 Å². The van der Waals surface area contributed by atoms with Gasteiger partial charge in [-0.2, -0.15) is 0 Å². The molecule has 3 nitrogen and oxygen atoms in total. The molecule has 0 bridgehead atoms. The monoisotopic (exact) mass is 266 g/mol. The van der Waals surface area contributed by atoms with Crippen molar-refractivity contribution in [3.05, 3.63) is 30.3 Å². The van der Waals surface area contributed by atoms with E-state index in [1.54, 1.807) is 0 Å². The van der Waals surface area contributed by atoms with E-state index in [1.807, 2.05) is 37.3 Å². The van der Waals surface area contributed by atoms with Gasteiger partial charge >= 0.3 is 0 Å². The highest BCUT2D eigenvalue weighted by molar-refractivity contribution is 5.20. The van der Waals surface area contributed by atoms with Crippen LogP contribution in [0.25, 0.3) is 0 Å². The number of hydrogen-bond donors (Lipinski definition) is 0. The minimum absolute atomic E-state index is 0.409. The average Bonchev–Trinajstić information content (AvgIpc) is 2.45. The van der Waals surface area contributed by atoms with E-state index in [0.717, 1.165) is 45.0 Å². The molecule has 0 saturated carbocycles. The minimum atomic E-state index is 0.409. The van der Waals surface area contributed by atoms with Crippen molar-refractivity contribution in [2.45, 2.75) is 26.7 Å². The number of ether oxygens (including phenoxy) is 3. The quantitative estimate of drug-likeness (QED) is 0.573. The van der Waals surface area contributed by atoms with Crippen molar-refractivity contribution in [1.82, 2.24) is 0 Å². The molecule has 0 aliphatic rings. The van der Waals surface area contributed by atoms with Gasteiger partial charge in [-0.05, 0) is 31.9 Å². The van der Waals surface area contributed by atoms with Gasteiger partial charge in [-0.3, -0.25) is 0 Å². The molecule has 0 saturated heterocycles. The molecule has 19 heavy (non-hydrogen) atoms. The van der Waals surface area contributed by atoms with Crippen molar-refractivity contribution in [2.75, 3.05) is 33.0 Å². The Morgan fingerprint density at radius 3 is 2.32 bits per heavy atom. The fourth-order valence-corrected chi connectivity index (χ4v) is 1.64. The summed E-state index contributed by atoms with van der Waals surface area (Å²) in [4.78, 5) is 0. The van der Waals surface area contributed by atoms with Crippen LogP contribution in [0.3, 0.4) is 0 Å². The number of hydrogen-bond acceptors (Lipinski definition) is 3. The molecule has 0 aromatic heterocycles. The zero-order valence-electron chi connectivity index (χ0n) is 12.1. The average molecular weight is 266 g/mol. The Kier molecular flexibility index (Phi) is 9.11. The van der Waals surface area contributed by atoms with Crippen molar-refractivity contribution >= 4 is 0 Å². The van der Waals surface area contributed by atoms with Crippen LogP contribution >= 0.6 is 0 Å². The topological polar surface area (TPSA) is 27.7 Å². The number of rotatable bonds is 11. The lowest BCUT2D eigenvalue weighted by atomic mass is 10.2. The van der Waals surface area contributed by atoms with Crippen LogP contribution in [0.4, 0.5) is 0 Å². The molecule has 1 unspecified atom stereocenters. The van der Waals surface area contributed by atoms with Gasteiger partial charge < -0.3 is 14.2 Å². The van der Waals surface area contributed by atoms with Crippen LogP contribution in [0.2, 0.25) is 0 Å². The Labute approximate surface area is 116 Å². The molecule has 0 spiro atoms. The van der Waals surface area contributed by atoms with Crippen LogP contribution in [0.1, 0.15) is 26.7 Å². The molecule has 0 aliphatic heterocycles. The van der Waals surface area contributed by atoms with Crippen LogP contribution < -0.4 is 4.74 Å². The molecule has 108 valence electrons. The maximum atomic E-state index is 5.68. The first-order valence-corrected chi connectivity index (χ1v) is 7.16. The summed E-state index contributed by atoms with van der Waals surface area (Å²) in [5, 5.41) is 0. The van der Waals surface area contributed by atoms with Crippen LogP contribution in [-0.2, 0) is 9.47 Å². The Bertz CT molecular complexity index is 300. The molecule has 0 heterocycles. The van der Waals surface area contributed by atoms with Crippen molar-refractivity contribution in [3.63, 3.8) is 0 Å². The maximum absolute atomic E-state index is 5.68. The van der Waals surface area contributed by atoms with Crippen molar-refractivity contribution in [1.29, 1.82) is 0 Å². The third kappa shape index (κ3) is 8.62. The molecular weight excluding hydrogens is 240 g/mol. The van der Waals surface area contributed by atoms with Crippen LogP contribution in [0, 0.1) is 5.92 Å². The highest BCUT2D eigenvalue weighted by Gasteiger charge is 2.03. The van der Waals surface area contributed by atoms with E-state index >= 15 is 0 Å². The van der Waals surface area contributed by atoms with Gasteiger partial charge in [-0.1, -0.05) is 25.1 Å². The minimum Gasteiger partial charge on any atom is -0.493 e. The van der Waals surface area contributed by atoms with Gasteiger partial charge in [0.2, 0.25) is 0 Å². The second kappa shape index (κ2) is 10.8. The third-order valence-electron chi connectivity index (χ3n) is 2.71. The number of unbranched alkanes of at least 4 members (excludes halogenated alkanes) is 1. The number of benzene rings is 1. The first kappa shape index (κ1) is 16.0. The van der Waals surface area contributed by atoms with Gasteiger partial charge in [0.1, 0.15) is 5.75 Å². The maximum Gasteiger partial charge on any atom is 0.119 e. The van der Waals surface area contributed by atoms with Crippen molar-refractivity contribution in [3.8, 4) is 5.75 Å². The summed E-state index contributed by atoms with van der Waals surface area (Å²) < 4.78 is 16.6. The summed E-state index contributed by atoms with van der Waals surface area (Å²) in [5.41, 5.74) is 0. The Hall–Kier alpha value is -1.06. The molecule has 1 atom stereocenters. The normalized spacial score (nSPS) is 12.3. The van der Waals surface area contributed by atoms with Crippen LogP contribution in [-0.4, -0.2) is 33.0 Å². The summed E-state index contributed by atoms with van der Waals surface area (Å²) >= 11 is 0. The van der Waals surface area contributed by atoms with Crippen LogP contribution in [0.15, 0.2) is 30.3 Å². The van der Waals surface area contributed by atoms with Gasteiger partial charge in [0.25, 0.3) is 0 Å². The second-order valence-corrected chi connectivity index (χ2v) is 4.71. The van der Waals surface area contributed by atoms with Crippen molar-refractivity contribution in [2.24, 2.45) is 5.92 Å². The molecule has 3 heteroatoms. The zero-order valence-corrected chi connectivity index (χ0v) is 12.1. The fraction of sp³-hybridized carbons (Fsp3) is 0.625. The summed E-state index contributed by atoms with van der Waals surface area (Å²) in [6, 6.07) is 9.90. The van der Waals surface area contributed by atoms with E-state index in [0.29, 0.717) is 12.5 Å². The summed E-state index contributed by atoms with van der Waals surface area (Å²) in [6.45, 7) is 8.06. The lowest BCUT2D eigenvalue weighted by Gasteiger charge is -2.13. The van der Waals surface area contributed by atoms with Gasteiger partial charge in [0.15, 0.2) is 0 Å². The highest BCUT2D eigenvalue weighted by atomic mass is 16.5. The molecule has 0 N–H and O–H groups in total. The van der Waals surface area contributed by atoms with Crippen LogP contribution in [0.5, 0.6) is 5.75 Å². The number of para-hydroxylation sites is 1. The molecule has 0 radical (unpaired) electrons. The Morgan fingerprint density at radius 2 is 1.63 bits per heavy atom. The smallest absolute Gasteiger partial charge is 0.119 e. The molecular formula is C16H26O3. The predicted molar refractivity (Wildman–Crippen MR) is 77.6 cm³/mol. The molecule has 0 fully saturated rings. The summed E-state index contributed by atoms with van der Waals surface area (Å²) in [6.07, 6.45) is 2.13. The molecule has 0 aliphatic carbocycles. The fourth-order valence-electron chi connectivity index (χ4n) is 1.64. The first-order chi connectivity index (χ1) is 9.33. The third-order valence-corrected chi connectivity index (χ3v) is 2.71. The largest absolute Gasteiger partial charge is 0.493 e. The summed E-state index contributed by atoms with van der Waals surface area (Å²) in [5.74, 6) is 1.33.